The Morgan fingerprint density at radius 3 is 2.65 bits per heavy atom. The van der Waals surface area contributed by atoms with Gasteiger partial charge in [-0.2, -0.15) is 0 Å². The van der Waals surface area contributed by atoms with E-state index >= 15 is 0 Å². The van der Waals surface area contributed by atoms with E-state index in [4.69, 9.17) is 15.6 Å². The van der Waals surface area contributed by atoms with E-state index in [9.17, 15) is 9.18 Å². The second-order valence-corrected chi connectivity index (χ2v) is 7.91. The first-order valence-corrected chi connectivity index (χ1v) is 11.0. The summed E-state index contributed by atoms with van der Waals surface area (Å²) in [7, 11) is 0. The van der Waals surface area contributed by atoms with E-state index in [1.165, 1.54) is 18.3 Å². The van der Waals surface area contributed by atoms with Crippen LogP contribution in [0.15, 0.2) is 54.7 Å². The Kier molecular flexibility index (Phi) is 7.03. The van der Waals surface area contributed by atoms with Crippen molar-refractivity contribution >= 4 is 17.7 Å². The van der Waals surface area contributed by atoms with Gasteiger partial charge >= 0.3 is 0 Å². The van der Waals surface area contributed by atoms with E-state index in [0.717, 1.165) is 13.0 Å². The number of benzene rings is 2. The van der Waals surface area contributed by atoms with Crippen LogP contribution in [0.5, 0.6) is 0 Å². The van der Waals surface area contributed by atoms with Gasteiger partial charge in [-0.15, -0.1) is 0 Å². The van der Waals surface area contributed by atoms with E-state index in [2.05, 4.69) is 15.3 Å². The summed E-state index contributed by atoms with van der Waals surface area (Å²) in [5, 5.41) is 19.6. The van der Waals surface area contributed by atoms with Crippen LogP contribution < -0.4 is 5.32 Å². The smallest absolute Gasteiger partial charge is 0.256 e. The predicted molar refractivity (Wildman–Crippen MR) is 127 cm³/mol. The largest absolute Gasteiger partial charge is 0.419 e. The molecule has 1 aliphatic rings. The molecule has 174 valence electrons. The van der Waals surface area contributed by atoms with Crippen LogP contribution in [0.1, 0.15) is 33.7 Å². The molecule has 1 saturated heterocycles. The molecule has 9 heteroatoms. The van der Waals surface area contributed by atoms with Crippen LogP contribution in [-0.4, -0.2) is 58.7 Å². The third kappa shape index (κ3) is 5.15. The van der Waals surface area contributed by atoms with Crippen molar-refractivity contribution in [1.29, 1.82) is 10.8 Å². The van der Waals surface area contributed by atoms with Gasteiger partial charge in [-0.1, -0.05) is 24.3 Å². The fourth-order valence-electron chi connectivity index (χ4n) is 3.67. The number of nitrogens with one attached hydrogen (secondary N) is 3. The van der Waals surface area contributed by atoms with Crippen molar-refractivity contribution in [2.24, 2.45) is 0 Å². The number of carbonyl (C=O) groups is 1. The zero-order chi connectivity index (χ0) is 24.1. The van der Waals surface area contributed by atoms with E-state index in [1.807, 2.05) is 6.07 Å². The molecular formula is C25H25FN6O2. The number of carbonyl (C=O) groups excluding carboxylic acids is 1. The molecule has 1 fully saturated rings. The minimum absolute atomic E-state index is 0.0123. The molecule has 0 radical (unpaired) electrons. The molecular weight excluding hydrogens is 435 g/mol. The zero-order valence-corrected chi connectivity index (χ0v) is 18.8. The first-order chi connectivity index (χ1) is 16.4. The van der Waals surface area contributed by atoms with Crippen LogP contribution in [0, 0.1) is 23.6 Å². The van der Waals surface area contributed by atoms with Crippen LogP contribution in [-0.2, 0) is 4.74 Å². The summed E-state index contributed by atoms with van der Waals surface area (Å²) in [6.07, 6.45) is 2.30. The molecule has 0 spiro atoms. The van der Waals surface area contributed by atoms with Crippen LogP contribution >= 0.6 is 0 Å². The van der Waals surface area contributed by atoms with Crippen molar-refractivity contribution in [3.63, 3.8) is 0 Å². The van der Waals surface area contributed by atoms with Gasteiger partial charge in [-0.3, -0.25) is 20.6 Å². The van der Waals surface area contributed by atoms with Crippen molar-refractivity contribution in [2.45, 2.75) is 13.3 Å². The minimum atomic E-state index is -0.638. The number of aromatic nitrogens is 2. The van der Waals surface area contributed by atoms with Gasteiger partial charge in [0, 0.05) is 30.8 Å². The summed E-state index contributed by atoms with van der Waals surface area (Å²) in [6.45, 7) is 4.31. The summed E-state index contributed by atoms with van der Waals surface area (Å²) in [4.78, 5) is 23.1. The minimum Gasteiger partial charge on any atom is -0.419 e. The maximum atomic E-state index is 14.9. The summed E-state index contributed by atoms with van der Waals surface area (Å²) in [5.74, 6) is -1.49. The highest BCUT2D eigenvalue weighted by Gasteiger charge is 2.21. The van der Waals surface area contributed by atoms with Gasteiger partial charge in [0.1, 0.15) is 11.5 Å². The quantitative estimate of drug-likeness (QED) is 0.408. The third-order valence-corrected chi connectivity index (χ3v) is 5.53. The number of halogens is 1. The van der Waals surface area contributed by atoms with Crippen molar-refractivity contribution in [3.05, 3.63) is 83.1 Å². The summed E-state index contributed by atoms with van der Waals surface area (Å²) < 4.78 is 20.3. The molecule has 1 aromatic heterocycles. The van der Waals surface area contributed by atoms with E-state index in [-0.39, 0.29) is 29.0 Å². The molecule has 0 atom stereocenters. The van der Waals surface area contributed by atoms with Crippen molar-refractivity contribution < 1.29 is 13.9 Å². The summed E-state index contributed by atoms with van der Waals surface area (Å²) >= 11 is 0. The molecule has 34 heavy (non-hydrogen) atoms. The standard InChI is InChI=1S/C25H25FN6O2/c1-16-22(24(28)34-23(27)17-6-3-2-4-7-17)31-21(15-30-16)18-8-9-19(20(26)14-18)25(33)32-12-5-10-29-11-13-32/h2-4,6-9,14-15,27-29H,5,10-13H2,1H3. The van der Waals surface area contributed by atoms with Gasteiger partial charge in [0.05, 0.1) is 23.1 Å². The number of rotatable bonds is 4. The highest BCUT2D eigenvalue weighted by molar-refractivity contribution is 6.04. The normalized spacial score (nSPS) is 13.8. The molecule has 3 N–H and O–H groups in total. The SMILES string of the molecule is Cc1ncc(-c2ccc(C(=O)N3CCCNCC3)c(F)c2)nc1C(=N)OC(=N)c1ccccc1. The summed E-state index contributed by atoms with van der Waals surface area (Å²) in [5.41, 5.74) is 1.88. The Labute approximate surface area is 196 Å². The van der Waals surface area contributed by atoms with Gasteiger partial charge in [0.2, 0.25) is 11.8 Å². The van der Waals surface area contributed by atoms with E-state index in [1.54, 1.807) is 42.2 Å². The number of hydrogen-bond donors (Lipinski definition) is 3. The predicted octanol–water partition coefficient (Wildman–Crippen LogP) is 3.39. The van der Waals surface area contributed by atoms with Gasteiger partial charge in [0.25, 0.3) is 5.91 Å². The number of ether oxygens (including phenoxy) is 1. The zero-order valence-electron chi connectivity index (χ0n) is 18.8. The van der Waals surface area contributed by atoms with Crippen LogP contribution in [0.4, 0.5) is 4.39 Å². The average Bonchev–Trinajstić information content (AvgIpc) is 3.14. The second-order valence-electron chi connectivity index (χ2n) is 7.91. The van der Waals surface area contributed by atoms with E-state index in [0.29, 0.717) is 42.1 Å². The van der Waals surface area contributed by atoms with Crippen LogP contribution in [0.3, 0.4) is 0 Å². The second kappa shape index (κ2) is 10.3. The van der Waals surface area contributed by atoms with Gasteiger partial charge in [0.15, 0.2) is 0 Å². The lowest BCUT2D eigenvalue weighted by atomic mass is 10.1. The fourth-order valence-corrected chi connectivity index (χ4v) is 3.67. The Hall–Kier alpha value is -3.98. The van der Waals surface area contributed by atoms with Crippen LogP contribution in [0.2, 0.25) is 0 Å². The molecule has 2 heterocycles. The molecule has 3 aromatic rings. The average molecular weight is 461 g/mol. The van der Waals surface area contributed by atoms with E-state index < -0.39 is 5.82 Å². The lowest BCUT2D eigenvalue weighted by Crippen LogP contribution is -2.34. The molecule has 1 amide bonds. The topological polar surface area (TPSA) is 115 Å². The molecule has 0 bridgehead atoms. The number of aryl methyl sites for hydroxylation is 1. The maximum absolute atomic E-state index is 14.9. The molecule has 4 rings (SSSR count). The molecule has 0 saturated carbocycles. The molecule has 2 aromatic carbocycles. The third-order valence-electron chi connectivity index (χ3n) is 5.53. The molecule has 1 aliphatic heterocycles. The fraction of sp³-hybridized carbons (Fsp3) is 0.240. The van der Waals surface area contributed by atoms with Gasteiger partial charge in [-0.25, -0.2) is 9.37 Å². The van der Waals surface area contributed by atoms with Crippen LogP contribution in [0.25, 0.3) is 11.3 Å². The maximum Gasteiger partial charge on any atom is 0.256 e. The highest BCUT2D eigenvalue weighted by Crippen LogP contribution is 2.22. The monoisotopic (exact) mass is 460 g/mol. The molecule has 0 aliphatic carbocycles. The Morgan fingerprint density at radius 1 is 1.09 bits per heavy atom. The highest BCUT2D eigenvalue weighted by atomic mass is 19.1. The lowest BCUT2D eigenvalue weighted by Gasteiger charge is -2.20. The van der Waals surface area contributed by atoms with Gasteiger partial charge in [-0.05, 0) is 44.2 Å². The Bertz CT molecular complexity index is 1220. The van der Waals surface area contributed by atoms with Gasteiger partial charge < -0.3 is 15.0 Å². The Morgan fingerprint density at radius 2 is 1.88 bits per heavy atom. The number of nitrogens with zero attached hydrogens (tertiary/aromatic N) is 3. The first kappa shape index (κ1) is 23.2. The first-order valence-electron chi connectivity index (χ1n) is 11.0. The van der Waals surface area contributed by atoms with Crippen molar-refractivity contribution in [3.8, 4) is 11.3 Å². The van der Waals surface area contributed by atoms with Crippen molar-refractivity contribution in [1.82, 2.24) is 20.2 Å². The Balaban J connectivity index is 1.55. The number of amides is 1. The number of hydrogen-bond acceptors (Lipinski definition) is 7. The molecule has 8 nitrogen and oxygen atoms in total. The lowest BCUT2D eigenvalue weighted by molar-refractivity contribution is 0.0761. The summed E-state index contributed by atoms with van der Waals surface area (Å²) in [6, 6.07) is 13.1. The molecule has 0 unspecified atom stereocenters. The van der Waals surface area contributed by atoms with Crippen molar-refractivity contribution in [2.75, 3.05) is 26.2 Å².